The second-order valence-electron chi connectivity index (χ2n) is 5.67. The van der Waals surface area contributed by atoms with Gasteiger partial charge in [-0.3, -0.25) is 10.1 Å². The van der Waals surface area contributed by atoms with Crippen molar-refractivity contribution < 1.29 is 19.1 Å². The van der Waals surface area contributed by atoms with Crippen LogP contribution in [0.5, 0.6) is 0 Å². The molecule has 1 aliphatic rings. The topological polar surface area (TPSA) is 89.4 Å². The molecule has 0 aliphatic carbocycles. The van der Waals surface area contributed by atoms with Crippen LogP contribution >= 0.6 is 0 Å². The maximum absolute atomic E-state index is 11.7. The number of methoxy groups -OCH3 is 1. The van der Waals surface area contributed by atoms with Gasteiger partial charge in [-0.15, -0.1) is 0 Å². The van der Waals surface area contributed by atoms with Gasteiger partial charge in [0.2, 0.25) is 0 Å². The number of rotatable bonds is 3. The van der Waals surface area contributed by atoms with Gasteiger partial charge in [-0.2, -0.15) is 0 Å². The van der Waals surface area contributed by atoms with Gasteiger partial charge in [0.15, 0.2) is 0 Å². The Kier molecular flexibility index (Phi) is 4.14. The van der Waals surface area contributed by atoms with Crippen LogP contribution in [-0.4, -0.2) is 29.6 Å². The third kappa shape index (κ3) is 3.03. The summed E-state index contributed by atoms with van der Waals surface area (Å²) in [6.45, 7) is 3.83. The third-order valence-corrected chi connectivity index (χ3v) is 4.02. The van der Waals surface area contributed by atoms with Crippen LogP contribution in [0.3, 0.4) is 0 Å². The van der Waals surface area contributed by atoms with Gasteiger partial charge in [0.1, 0.15) is 5.70 Å². The first-order chi connectivity index (χ1) is 11.9. The minimum absolute atomic E-state index is 0.202. The number of amides is 3. The number of benzene rings is 1. The van der Waals surface area contributed by atoms with Crippen molar-refractivity contribution in [2.45, 2.75) is 13.8 Å². The molecule has 2 N–H and O–H groups in total. The van der Waals surface area contributed by atoms with Crippen molar-refractivity contribution in [2.75, 3.05) is 7.11 Å². The summed E-state index contributed by atoms with van der Waals surface area (Å²) in [5.41, 5.74) is 4.07. The van der Waals surface area contributed by atoms with E-state index in [0.29, 0.717) is 5.56 Å². The van der Waals surface area contributed by atoms with E-state index in [1.807, 2.05) is 30.5 Å². The van der Waals surface area contributed by atoms with E-state index in [-0.39, 0.29) is 5.70 Å². The summed E-state index contributed by atoms with van der Waals surface area (Å²) >= 11 is 0. The molecule has 1 saturated heterocycles. The molecule has 0 spiro atoms. The number of ether oxygens (including phenoxy) is 1. The molecule has 7 nitrogen and oxygen atoms in total. The molecule has 3 amide bonds. The van der Waals surface area contributed by atoms with Crippen molar-refractivity contribution in [1.29, 1.82) is 0 Å². The summed E-state index contributed by atoms with van der Waals surface area (Å²) in [6, 6.07) is 8.47. The highest BCUT2D eigenvalue weighted by atomic mass is 16.5. The van der Waals surface area contributed by atoms with Crippen LogP contribution in [0.15, 0.2) is 36.0 Å². The van der Waals surface area contributed by atoms with Crippen LogP contribution < -0.4 is 10.6 Å². The van der Waals surface area contributed by atoms with Crippen LogP contribution in [0.25, 0.3) is 11.8 Å². The molecule has 1 aromatic heterocycles. The normalized spacial score (nSPS) is 15.2. The number of nitrogens with zero attached hydrogens (tertiary/aromatic N) is 1. The highest BCUT2D eigenvalue weighted by molar-refractivity contribution is 6.14. The van der Waals surface area contributed by atoms with Gasteiger partial charge in [0.25, 0.3) is 5.91 Å². The highest BCUT2D eigenvalue weighted by Gasteiger charge is 2.23. The lowest BCUT2D eigenvalue weighted by molar-refractivity contribution is -0.115. The number of nitrogens with one attached hydrogen (secondary N) is 2. The fourth-order valence-corrected chi connectivity index (χ4v) is 2.86. The fraction of sp³-hybridized carbons (Fsp3) is 0.167. The van der Waals surface area contributed by atoms with Gasteiger partial charge >= 0.3 is 12.0 Å². The predicted octanol–water partition coefficient (Wildman–Crippen LogP) is 2.06. The van der Waals surface area contributed by atoms with E-state index >= 15 is 0 Å². The van der Waals surface area contributed by atoms with Gasteiger partial charge < -0.3 is 14.6 Å². The van der Waals surface area contributed by atoms with Crippen LogP contribution in [0.2, 0.25) is 0 Å². The predicted molar refractivity (Wildman–Crippen MR) is 91.2 cm³/mol. The summed E-state index contributed by atoms with van der Waals surface area (Å²) < 4.78 is 6.73. The summed E-state index contributed by atoms with van der Waals surface area (Å²) in [5.74, 6) is -0.862. The standard InChI is InChI=1S/C18H17N3O4/c1-10-7-13(9-15-16(22)20-18(24)19-15)11(2)21(10)14-6-4-5-12(8-14)17(23)25-3/h4-9H,1-3H3,(H2,19,20,22,24)/b15-9-. The van der Waals surface area contributed by atoms with E-state index < -0.39 is 17.9 Å². The van der Waals surface area contributed by atoms with E-state index in [9.17, 15) is 14.4 Å². The number of aryl methyl sites for hydroxylation is 1. The van der Waals surface area contributed by atoms with E-state index in [4.69, 9.17) is 4.74 Å². The first kappa shape index (κ1) is 16.5. The Labute approximate surface area is 144 Å². The van der Waals surface area contributed by atoms with Crippen molar-refractivity contribution in [3.63, 3.8) is 0 Å². The van der Waals surface area contributed by atoms with E-state index in [1.165, 1.54) is 7.11 Å². The largest absolute Gasteiger partial charge is 0.465 e. The molecule has 0 unspecified atom stereocenters. The van der Waals surface area contributed by atoms with Crippen LogP contribution in [0.1, 0.15) is 27.3 Å². The third-order valence-electron chi connectivity index (χ3n) is 4.02. The molecule has 0 bridgehead atoms. The molecule has 25 heavy (non-hydrogen) atoms. The molecule has 7 heteroatoms. The minimum atomic E-state index is -0.532. The number of carbonyl (C=O) groups is 3. The van der Waals surface area contributed by atoms with E-state index in [1.54, 1.807) is 24.3 Å². The fourth-order valence-electron chi connectivity index (χ4n) is 2.86. The lowest BCUT2D eigenvalue weighted by Gasteiger charge is -2.11. The monoisotopic (exact) mass is 339 g/mol. The average molecular weight is 339 g/mol. The number of hydrogen-bond acceptors (Lipinski definition) is 4. The summed E-state index contributed by atoms with van der Waals surface area (Å²) in [6.07, 6.45) is 1.63. The van der Waals surface area contributed by atoms with Crippen LogP contribution in [0.4, 0.5) is 4.79 Å². The van der Waals surface area contributed by atoms with Crippen LogP contribution in [-0.2, 0) is 9.53 Å². The number of urea groups is 1. The van der Waals surface area contributed by atoms with Crippen molar-refractivity contribution in [2.24, 2.45) is 0 Å². The first-order valence-corrected chi connectivity index (χ1v) is 7.62. The molecular formula is C18H17N3O4. The zero-order chi connectivity index (χ0) is 18.1. The number of hydrogen-bond donors (Lipinski definition) is 2. The van der Waals surface area contributed by atoms with Gasteiger partial charge in [-0.05, 0) is 49.8 Å². The Morgan fingerprint density at radius 2 is 1.92 bits per heavy atom. The van der Waals surface area contributed by atoms with Gasteiger partial charge in [0, 0.05) is 17.1 Å². The number of carbonyl (C=O) groups excluding carboxylic acids is 3. The van der Waals surface area contributed by atoms with E-state index in [2.05, 4.69) is 10.6 Å². The molecule has 3 rings (SSSR count). The molecule has 0 radical (unpaired) electrons. The molecule has 1 aromatic carbocycles. The zero-order valence-electron chi connectivity index (χ0n) is 14.0. The Morgan fingerprint density at radius 1 is 1.16 bits per heavy atom. The quantitative estimate of drug-likeness (QED) is 0.509. The van der Waals surface area contributed by atoms with Crippen molar-refractivity contribution in [1.82, 2.24) is 15.2 Å². The number of imide groups is 1. The van der Waals surface area contributed by atoms with Gasteiger partial charge in [-0.25, -0.2) is 9.59 Å². The van der Waals surface area contributed by atoms with Gasteiger partial charge in [-0.1, -0.05) is 6.07 Å². The SMILES string of the molecule is COC(=O)c1cccc(-n2c(C)cc(/C=C3\NC(=O)NC3=O)c2C)c1. The molecule has 1 fully saturated rings. The first-order valence-electron chi connectivity index (χ1n) is 7.62. The lowest BCUT2D eigenvalue weighted by Crippen LogP contribution is -2.22. The smallest absolute Gasteiger partial charge is 0.337 e. The maximum Gasteiger partial charge on any atom is 0.337 e. The van der Waals surface area contributed by atoms with Crippen molar-refractivity contribution in [3.05, 3.63) is 58.5 Å². The Hall–Kier alpha value is -3.35. The van der Waals surface area contributed by atoms with Crippen LogP contribution in [0, 0.1) is 13.8 Å². The number of esters is 1. The Balaban J connectivity index is 2.04. The molecule has 2 aromatic rings. The molecule has 1 aliphatic heterocycles. The lowest BCUT2D eigenvalue weighted by atomic mass is 10.2. The second-order valence-corrected chi connectivity index (χ2v) is 5.67. The number of aromatic nitrogens is 1. The van der Waals surface area contributed by atoms with Gasteiger partial charge in [0.05, 0.1) is 12.7 Å². The molecule has 0 saturated carbocycles. The molecule has 0 atom stereocenters. The summed E-state index contributed by atoms with van der Waals surface area (Å²) in [5, 5.41) is 4.64. The highest BCUT2D eigenvalue weighted by Crippen LogP contribution is 2.23. The van der Waals surface area contributed by atoms with E-state index in [0.717, 1.165) is 22.6 Å². The average Bonchev–Trinajstić information content (AvgIpc) is 3.05. The Bertz CT molecular complexity index is 924. The van der Waals surface area contributed by atoms with Crippen molar-refractivity contribution >= 4 is 24.0 Å². The zero-order valence-corrected chi connectivity index (χ0v) is 14.0. The maximum atomic E-state index is 11.7. The van der Waals surface area contributed by atoms with Crippen molar-refractivity contribution in [3.8, 4) is 5.69 Å². The molecule has 128 valence electrons. The molecule has 2 heterocycles. The minimum Gasteiger partial charge on any atom is -0.465 e. The summed E-state index contributed by atoms with van der Waals surface area (Å²) in [4.78, 5) is 34.7. The second kappa shape index (κ2) is 6.27. The summed E-state index contributed by atoms with van der Waals surface area (Å²) in [7, 11) is 1.34. The molecular weight excluding hydrogens is 322 g/mol. The Morgan fingerprint density at radius 3 is 2.56 bits per heavy atom.